The first-order valence-corrected chi connectivity index (χ1v) is 6.25. The van der Waals surface area contributed by atoms with Crippen molar-refractivity contribution in [3.05, 3.63) is 20.8 Å². The van der Waals surface area contributed by atoms with Gasteiger partial charge >= 0.3 is 0 Å². The molecule has 1 aromatic heterocycles. The minimum Gasteiger partial charge on any atom is -0.133 e. The standard InChI is InChI=1S/C8H10Br2S/c1-6(5-9)4-7-2-3-8(10)11-7/h2-3,6H,4-5H2,1H3. The van der Waals surface area contributed by atoms with Gasteiger partial charge in [-0.25, -0.2) is 0 Å². The van der Waals surface area contributed by atoms with Crippen molar-refractivity contribution in [1.29, 1.82) is 0 Å². The Morgan fingerprint density at radius 2 is 2.27 bits per heavy atom. The van der Waals surface area contributed by atoms with Crippen LogP contribution in [0.5, 0.6) is 0 Å². The summed E-state index contributed by atoms with van der Waals surface area (Å²) in [5.74, 6) is 0.737. The van der Waals surface area contributed by atoms with Crippen LogP contribution in [0.3, 0.4) is 0 Å². The summed E-state index contributed by atoms with van der Waals surface area (Å²) in [6, 6.07) is 4.30. The maximum Gasteiger partial charge on any atom is 0.0701 e. The second kappa shape index (κ2) is 4.63. The van der Waals surface area contributed by atoms with Crippen molar-refractivity contribution in [2.75, 3.05) is 5.33 Å². The molecule has 0 aliphatic carbocycles. The van der Waals surface area contributed by atoms with Gasteiger partial charge in [0.05, 0.1) is 3.79 Å². The average molecular weight is 298 g/mol. The van der Waals surface area contributed by atoms with Crippen molar-refractivity contribution in [2.24, 2.45) is 5.92 Å². The number of alkyl halides is 1. The van der Waals surface area contributed by atoms with Crippen molar-refractivity contribution in [2.45, 2.75) is 13.3 Å². The van der Waals surface area contributed by atoms with Gasteiger partial charge in [0, 0.05) is 10.2 Å². The zero-order chi connectivity index (χ0) is 8.27. The van der Waals surface area contributed by atoms with E-state index < -0.39 is 0 Å². The molecule has 1 aromatic rings. The highest BCUT2D eigenvalue weighted by Gasteiger charge is 2.03. The summed E-state index contributed by atoms with van der Waals surface area (Å²) in [6.45, 7) is 2.25. The van der Waals surface area contributed by atoms with Crippen molar-refractivity contribution < 1.29 is 0 Å². The van der Waals surface area contributed by atoms with E-state index >= 15 is 0 Å². The van der Waals surface area contributed by atoms with E-state index in [0.717, 1.165) is 11.2 Å². The Bertz CT molecular complexity index is 220. The molecular weight excluding hydrogens is 288 g/mol. The summed E-state index contributed by atoms with van der Waals surface area (Å²) < 4.78 is 1.23. The monoisotopic (exact) mass is 296 g/mol. The van der Waals surface area contributed by atoms with Gasteiger partial charge in [-0.2, -0.15) is 0 Å². The summed E-state index contributed by atoms with van der Waals surface area (Å²) in [7, 11) is 0. The molecule has 0 N–H and O–H groups in total. The molecule has 1 rings (SSSR count). The van der Waals surface area contributed by atoms with E-state index in [1.54, 1.807) is 0 Å². The average Bonchev–Trinajstić information content (AvgIpc) is 2.35. The smallest absolute Gasteiger partial charge is 0.0701 e. The molecule has 0 radical (unpaired) electrons. The molecule has 62 valence electrons. The quantitative estimate of drug-likeness (QED) is 0.737. The molecule has 0 aliphatic heterocycles. The predicted octanol–water partition coefficient (Wildman–Crippen LogP) is 4.08. The van der Waals surface area contributed by atoms with Crippen LogP contribution in [0.4, 0.5) is 0 Å². The van der Waals surface area contributed by atoms with Gasteiger partial charge in [-0.3, -0.25) is 0 Å². The molecule has 3 heteroatoms. The molecule has 0 bridgehead atoms. The molecule has 11 heavy (non-hydrogen) atoms. The Morgan fingerprint density at radius 1 is 1.55 bits per heavy atom. The highest BCUT2D eigenvalue weighted by Crippen LogP contribution is 2.24. The van der Waals surface area contributed by atoms with Gasteiger partial charge in [0.1, 0.15) is 0 Å². The van der Waals surface area contributed by atoms with Crippen LogP contribution in [-0.2, 0) is 6.42 Å². The topological polar surface area (TPSA) is 0 Å². The van der Waals surface area contributed by atoms with E-state index in [1.165, 1.54) is 15.1 Å². The SMILES string of the molecule is CC(CBr)Cc1ccc(Br)s1. The van der Waals surface area contributed by atoms with Crippen molar-refractivity contribution in [1.82, 2.24) is 0 Å². The van der Waals surface area contributed by atoms with Gasteiger partial charge < -0.3 is 0 Å². The number of rotatable bonds is 3. The second-order valence-corrected chi connectivity index (χ2v) is 5.86. The van der Waals surface area contributed by atoms with Crippen molar-refractivity contribution >= 4 is 43.2 Å². The lowest BCUT2D eigenvalue weighted by Gasteiger charge is -2.03. The van der Waals surface area contributed by atoms with Crippen LogP contribution in [0.2, 0.25) is 0 Å². The molecule has 0 aromatic carbocycles. The third kappa shape index (κ3) is 3.26. The normalized spacial score (nSPS) is 13.4. The molecule has 1 unspecified atom stereocenters. The maximum absolute atomic E-state index is 3.47. The number of hydrogen-bond donors (Lipinski definition) is 0. The molecule has 0 aliphatic rings. The zero-order valence-corrected chi connectivity index (χ0v) is 10.3. The highest BCUT2D eigenvalue weighted by molar-refractivity contribution is 9.11. The van der Waals surface area contributed by atoms with Crippen LogP contribution in [-0.4, -0.2) is 5.33 Å². The van der Waals surface area contributed by atoms with E-state index in [-0.39, 0.29) is 0 Å². The lowest BCUT2D eigenvalue weighted by Crippen LogP contribution is -1.98. The first kappa shape index (κ1) is 9.75. The fourth-order valence-electron chi connectivity index (χ4n) is 0.859. The summed E-state index contributed by atoms with van der Waals surface area (Å²) >= 11 is 8.75. The molecular formula is C8H10Br2S. The molecule has 0 spiro atoms. The van der Waals surface area contributed by atoms with Crippen LogP contribution in [0, 0.1) is 5.92 Å². The van der Waals surface area contributed by atoms with Crippen LogP contribution in [0.1, 0.15) is 11.8 Å². The van der Waals surface area contributed by atoms with E-state index in [0.29, 0.717) is 0 Å². The van der Waals surface area contributed by atoms with E-state index in [4.69, 9.17) is 0 Å². The van der Waals surface area contributed by atoms with Crippen molar-refractivity contribution in [3.8, 4) is 0 Å². The van der Waals surface area contributed by atoms with E-state index in [2.05, 4.69) is 50.9 Å². The number of hydrogen-bond acceptors (Lipinski definition) is 1. The van der Waals surface area contributed by atoms with Crippen LogP contribution >= 0.6 is 43.2 Å². The molecule has 0 saturated carbocycles. The summed E-state index contributed by atoms with van der Waals surface area (Å²) in [5.41, 5.74) is 0. The Balaban J connectivity index is 2.50. The van der Waals surface area contributed by atoms with Crippen LogP contribution < -0.4 is 0 Å². The minimum atomic E-state index is 0.737. The molecule has 0 saturated heterocycles. The van der Waals surface area contributed by atoms with Crippen LogP contribution in [0.15, 0.2) is 15.9 Å². The Kier molecular flexibility index (Phi) is 4.10. The third-order valence-corrected chi connectivity index (χ3v) is 4.19. The van der Waals surface area contributed by atoms with Gasteiger partial charge in [0.15, 0.2) is 0 Å². The summed E-state index contributed by atoms with van der Waals surface area (Å²) in [6.07, 6.45) is 1.18. The van der Waals surface area contributed by atoms with Gasteiger partial charge in [-0.05, 0) is 40.4 Å². The fraction of sp³-hybridized carbons (Fsp3) is 0.500. The highest BCUT2D eigenvalue weighted by atomic mass is 79.9. The minimum absolute atomic E-state index is 0.737. The number of halogens is 2. The molecule has 0 amide bonds. The first-order valence-electron chi connectivity index (χ1n) is 3.52. The zero-order valence-electron chi connectivity index (χ0n) is 6.31. The van der Waals surface area contributed by atoms with Gasteiger partial charge in [0.2, 0.25) is 0 Å². The summed E-state index contributed by atoms with van der Waals surface area (Å²) in [4.78, 5) is 1.46. The van der Waals surface area contributed by atoms with Gasteiger partial charge in [-0.1, -0.05) is 22.9 Å². The molecule has 1 heterocycles. The van der Waals surface area contributed by atoms with Crippen molar-refractivity contribution in [3.63, 3.8) is 0 Å². The predicted molar refractivity (Wildman–Crippen MR) is 58.7 cm³/mol. The lowest BCUT2D eigenvalue weighted by molar-refractivity contribution is 0.670. The van der Waals surface area contributed by atoms with Gasteiger partial charge in [0.25, 0.3) is 0 Å². The molecule has 0 fully saturated rings. The van der Waals surface area contributed by atoms with E-state index in [1.807, 2.05) is 11.3 Å². The Labute approximate surface area is 88.3 Å². The molecule has 1 atom stereocenters. The fourth-order valence-corrected chi connectivity index (χ4v) is 2.73. The largest absolute Gasteiger partial charge is 0.133 e. The first-order chi connectivity index (χ1) is 5.22. The Morgan fingerprint density at radius 3 is 2.73 bits per heavy atom. The van der Waals surface area contributed by atoms with Crippen LogP contribution in [0.25, 0.3) is 0 Å². The lowest BCUT2D eigenvalue weighted by atomic mass is 10.1. The second-order valence-electron chi connectivity index (χ2n) is 2.67. The maximum atomic E-state index is 3.47. The summed E-state index contributed by atoms with van der Waals surface area (Å²) in [5, 5.41) is 1.09. The van der Waals surface area contributed by atoms with E-state index in [9.17, 15) is 0 Å². The number of thiophene rings is 1. The molecule has 0 nitrogen and oxygen atoms in total. The third-order valence-electron chi connectivity index (χ3n) is 1.44. The Hall–Kier alpha value is 0.660. The van der Waals surface area contributed by atoms with Gasteiger partial charge in [-0.15, -0.1) is 11.3 Å².